The standard InChI is InChI=1S/C26H25Br2FN2O4/c1-3-11-34-23-10-9-17(13-24(23)33-4-2)26(32)31-30-15-19-12-20(27)14-21(28)25(19)35-16-18-7-5-6-8-22(18)29/h5-10,12-15H,3-4,11,16H2,1-2H3,(H,31,32)/b30-15+. The summed E-state index contributed by atoms with van der Waals surface area (Å²) in [7, 11) is 0. The van der Waals surface area contributed by atoms with Gasteiger partial charge >= 0.3 is 0 Å². The van der Waals surface area contributed by atoms with Crippen LogP contribution in [0.3, 0.4) is 0 Å². The van der Waals surface area contributed by atoms with Crippen molar-refractivity contribution in [2.75, 3.05) is 13.2 Å². The number of ether oxygens (including phenoxy) is 3. The summed E-state index contributed by atoms with van der Waals surface area (Å²) in [6.45, 7) is 4.91. The van der Waals surface area contributed by atoms with Crippen molar-refractivity contribution < 1.29 is 23.4 Å². The molecule has 0 unspecified atom stereocenters. The van der Waals surface area contributed by atoms with Crippen molar-refractivity contribution in [3.05, 3.63) is 86.1 Å². The Morgan fingerprint density at radius 2 is 1.83 bits per heavy atom. The highest BCUT2D eigenvalue weighted by atomic mass is 79.9. The van der Waals surface area contributed by atoms with Gasteiger partial charge in [0.25, 0.3) is 5.91 Å². The SMILES string of the molecule is CCCOc1ccc(C(=O)N/N=C/c2cc(Br)cc(Br)c2OCc2ccccc2F)cc1OCC. The van der Waals surface area contributed by atoms with Gasteiger partial charge in [-0.2, -0.15) is 5.10 Å². The van der Waals surface area contributed by atoms with E-state index in [1.54, 1.807) is 42.5 Å². The zero-order valence-corrected chi connectivity index (χ0v) is 22.5. The first-order valence-corrected chi connectivity index (χ1v) is 12.6. The minimum atomic E-state index is -0.410. The number of hydrazone groups is 1. The van der Waals surface area contributed by atoms with Gasteiger partial charge < -0.3 is 14.2 Å². The van der Waals surface area contributed by atoms with Gasteiger partial charge in [-0.3, -0.25) is 4.79 Å². The number of carbonyl (C=O) groups is 1. The fraction of sp³-hybridized carbons (Fsp3) is 0.231. The highest BCUT2D eigenvalue weighted by Crippen LogP contribution is 2.33. The molecule has 0 atom stereocenters. The molecular formula is C26H25Br2FN2O4. The van der Waals surface area contributed by atoms with E-state index in [9.17, 15) is 9.18 Å². The summed E-state index contributed by atoms with van der Waals surface area (Å²) >= 11 is 6.91. The number of rotatable bonds is 11. The number of nitrogens with one attached hydrogen (secondary N) is 1. The number of halogens is 3. The number of amides is 1. The highest BCUT2D eigenvalue weighted by molar-refractivity contribution is 9.11. The van der Waals surface area contributed by atoms with Crippen LogP contribution < -0.4 is 19.6 Å². The van der Waals surface area contributed by atoms with Gasteiger partial charge in [-0.05, 0) is 65.7 Å². The Kier molecular flexibility index (Phi) is 10.1. The van der Waals surface area contributed by atoms with Gasteiger partial charge in [-0.1, -0.05) is 41.1 Å². The van der Waals surface area contributed by atoms with Crippen molar-refractivity contribution in [1.29, 1.82) is 0 Å². The predicted molar refractivity (Wildman–Crippen MR) is 141 cm³/mol. The van der Waals surface area contributed by atoms with E-state index >= 15 is 0 Å². The molecule has 1 N–H and O–H groups in total. The van der Waals surface area contributed by atoms with Crippen molar-refractivity contribution in [3.8, 4) is 17.2 Å². The number of carbonyl (C=O) groups excluding carboxylic acids is 1. The summed E-state index contributed by atoms with van der Waals surface area (Å²) in [5, 5.41) is 4.09. The first-order valence-electron chi connectivity index (χ1n) is 11.0. The molecule has 0 heterocycles. The van der Waals surface area contributed by atoms with E-state index in [0.29, 0.717) is 51.6 Å². The zero-order valence-electron chi connectivity index (χ0n) is 19.3. The third-order valence-electron chi connectivity index (χ3n) is 4.70. The summed E-state index contributed by atoms with van der Waals surface area (Å²) in [6.07, 6.45) is 2.33. The Morgan fingerprint density at radius 1 is 1.03 bits per heavy atom. The molecule has 0 aliphatic carbocycles. The van der Waals surface area contributed by atoms with E-state index in [1.165, 1.54) is 12.3 Å². The van der Waals surface area contributed by atoms with Crippen LogP contribution in [0.2, 0.25) is 0 Å². The minimum Gasteiger partial charge on any atom is -0.490 e. The summed E-state index contributed by atoms with van der Waals surface area (Å²) in [4.78, 5) is 12.7. The van der Waals surface area contributed by atoms with Gasteiger partial charge in [-0.25, -0.2) is 9.82 Å². The predicted octanol–water partition coefficient (Wildman–Crippen LogP) is 6.88. The molecule has 184 valence electrons. The fourth-order valence-electron chi connectivity index (χ4n) is 3.07. The maximum atomic E-state index is 14.0. The van der Waals surface area contributed by atoms with Crippen molar-refractivity contribution >= 4 is 44.0 Å². The van der Waals surface area contributed by atoms with Gasteiger partial charge in [-0.15, -0.1) is 0 Å². The maximum Gasteiger partial charge on any atom is 0.271 e. The number of benzene rings is 3. The topological polar surface area (TPSA) is 69.2 Å². The van der Waals surface area contributed by atoms with E-state index in [1.807, 2.05) is 19.9 Å². The van der Waals surface area contributed by atoms with Crippen LogP contribution >= 0.6 is 31.9 Å². The Morgan fingerprint density at radius 3 is 2.57 bits per heavy atom. The summed E-state index contributed by atoms with van der Waals surface area (Å²) in [5.74, 6) is 0.792. The summed E-state index contributed by atoms with van der Waals surface area (Å²) in [5.41, 5.74) is 3.90. The molecule has 9 heteroatoms. The van der Waals surface area contributed by atoms with Crippen molar-refractivity contribution in [1.82, 2.24) is 5.43 Å². The maximum absolute atomic E-state index is 14.0. The Hall–Kier alpha value is -2.91. The first kappa shape index (κ1) is 26.7. The van der Waals surface area contributed by atoms with Gasteiger partial charge in [0, 0.05) is 21.2 Å². The number of hydrogen-bond acceptors (Lipinski definition) is 5. The second kappa shape index (κ2) is 13.3. The Labute approximate surface area is 220 Å². The van der Waals surface area contributed by atoms with E-state index in [2.05, 4.69) is 42.4 Å². The van der Waals surface area contributed by atoms with Crippen LogP contribution in [-0.4, -0.2) is 25.3 Å². The molecule has 3 aromatic rings. The smallest absolute Gasteiger partial charge is 0.271 e. The van der Waals surface area contributed by atoms with Crippen LogP contribution in [-0.2, 0) is 6.61 Å². The molecule has 3 rings (SSSR count). The van der Waals surface area contributed by atoms with Gasteiger partial charge in [0.15, 0.2) is 11.5 Å². The minimum absolute atomic E-state index is 0.0345. The van der Waals surface area contributed by atoms with Crippen molar-refractivity contribution in [2.24, 2.45) is 5.10 Å². The molecule has 35 heavy (non-hydrogen) atoms. The molecule has 0 radical (unpaired) electrons. The van der Waals surface area contributed by atoms with Crippen LogP contribution in [0.25, 0.3) is 0 Å². The molecule has 6 nitrogen and oxygen atoms in total. The molecular weight excluding hydrogens is 583 g/mol. The molecule has 0 saturated heterocycles. The first-order chi connectivity index (χ1) is 16.9. The van der Waals surface area contributed by atoms with E-state index in [-0.39, 0.29) is 12.4 Å². The third-order valence-corrected chi connectivity index (χ3v) is 5.75. The normalized spacial score (nSPS) is 10.9. The fourth-order valence-corrected chi connectivity index (χ4v) is 4.44. The van der Waals surface area contributed by atoms with Gasteiger partial charge in [0.05, 0.1) is 23.9 Å². The molecule has 0 saturated carbocycles. The van der Waals surface area contributed by atoms with Gasteiger partial charge in [0.1, 0.15) is 18.2 Å². The van der Waals surface area contributed by atoms with Gasteiger partial charge in [0.2, 0.25) is 0 Å². The second-order valence-electron chi connectivity index (χ2n) is 7.33. The molecule has 1 amide bonds. The number of hydrogen-bond donors (Lipinski definition) is 1. The molecule has 0 aromatic heterocycles. The largest absolute Gasteiger partial charge is 0.490 e. The molecule has 0 bridgehead atoms. The van der Waals surface area contributed by atoms with E-state index in [0.717, 1.165) is 10.9 Å². The van der Waals surface area contributed by atoms with Crippen LogP contribution in [0, 0.1) is 5.82 Å². The molecule has 0 spiro atoms. The molecule has 0 aliphatic heterocycles. The van der Waals surface area contributed by atoms with Crippen LogP contribution in [0.15, 0.2) is 68.6 Å². The molecule has 0 aliphatic rings. The summed E-state index contributed by atoms with van der Waals surface area (Å²) < 4.78 is 32.6. The Bertz CT molecular complexity index is 1200. The lowest BCUT2D eigenvalue weighted by molar-refractivity contribution is 0.0954. The summed E-state index contributed by atoms with van der Waals surface area (Å²) in [6, 6.07) is 15.0. The molecule has 3 aromatic carbocycles. The van der Waals surface area contributed by atoms with Crippen LogP contribution in [0.5, 0.6) is 17.2 Å². The average molecular weight is 608 g/mol. The highest BCUT2D eigenvalue weighted by Gasteiger charge is 2.13. The van der Waals surface area contributed by atoms with E-state index < -0.39 is 5.91 Å². The monoisotopic (exact) mass is 606 g/mol. The quantitative estimate of drug-likeness (QED) is 0.191. The van der Waals surface area contributed by atoms with Crippen LogP contribution in [0.4, 0.5) is 4.39 Å². The molecule has 0 fully saturated rings. The van der Waals surface area contributed by atoms with E-state index in [4.69, 9.17) is 14.2 Å². The lowest BCUT2D eigenvalue weighted by Gasteiger charge is -2.13. The average Bonchev–Trinajstić information content (AvgIpc) is 2.83. The number of nitrogens with zero attached hydrogens (tertiary/aromatic N) is 1. The third kappa shape index (κ3) is 7.53. The second-order valence-corrected chi connectivity index (χ2v) is 9.10. The lowest BCUT2D eigenvalue weighted by atomic mass is 10.2. The zero-order chi connectivity index (χ0) is 25.2. The lowest BCUT2D eigenvalue weighted by Crippen LogP contribution is -2.18. The van der Waals surface area contributed by atoms with Crippen molar-refractivity contribution in [3.63, 3.8) is 0 Å². The van der Waals surface area contributed by atoms with Crippen molar-refractivity contribution in [2.45, 2.75) is 26.9 Å². The van der Waals surface area contributed by atoms with Crippen LogP contribution in [0.1, 0.15) is 41.8 Å². The Balaban J connectivity index is 1.74.